The van der Waals surface area contributed by atoms with E-state index in [0.717, 1.165) is 5.56 Å². The van der Waals surface area contributed by atoms with Gasteiger partial charge < -0.3 is 4.74 Å². The van der Waals surface area contributed by atoms with Gasteiger partial charge in [-0.15, -0.1) is 0 Å². The quantitative estimate of drug-likeness (QED) is 0.860. The standard InChI is InChI=1S/C15H16F3NO3/c1-14(2)11(8-10-6-4-3-5-7-10)19(13(21)22-14)12(20)9-15(16,17)18/h3-7,11H,8-9H2,1-2H3/t11-/m0/s1. The van der Waals surface area contributed by atoms with E-state index in [1.165, 1.54) is 0 Å². The Morgan fingerprint density at radius 2 is 1.86 bits per heavy atom. The molecule has 1 aliphatic heterocycles. The minimum Gasteiger partial charge on any atom is -0.441 e. The fourth-order valence-electron chi connectivity index (χ4n) is 2.49. The molecule has 1 saturated heterocycles. The zero-order chi connectivity index (χ0) is 16.5. The third-order valence-electron chi connectivity index (χ3n) is 3.55. The van der Waals surface area contributed by atoms with Crippen LogP contribution in [0.15, 0.2) is 30.3 Å². The van der Waals surface area contributed by atoms with E-state index in [2.05, 4.69) is 0 Å². The highest BCUT2D eigenvalue weighted by molar-refractivity contribution is 5.94. The van der Waals surface area contributed by atoms with Gasteiger partial charge in [-0.3, -0.25) is 4.79 Å². The van der Waals surface area contributed by atoms with Crippen molar-refractivity contribution in [3.8, 4) is 0 Å². The molecule has 120 valence electrons. The summed E-state index contributed by atoms with van der Waals surface area (Å²) in [6, 6.07) is 8.15. The second kappa shape index (κ2) is 5.62. The van der Waals surface area contributed by atoms with Crippen molar-refractivity contribution in [2.24, 2.45) is 0 Å². The van der Waals surface area contributed by atoms with Crippen molar-refractivity contribution in [3.63, 3.8) is 0 Å². The Balaban J connectivity index is 2.25. The van der Waals surface area contributed by atoms with Crippen LogP contribution in [0, 0.1) is 0 Å². The zero-order valence-corrected chi connectivity index (χ0v) is 12.2. The van der Waals surface area contributed by atoms with Crippen molar-refractivity contribution >= 4 is 12.0 Å². The number of hydrogen-bond donors (Lipinski definition) is 0. The van der Waals surface area contributed by atoms with Crippen LogP contribution < -0.4 is 0 Å². The van der Waals surface area contributed by atoms with Crippen LogP contribution in [0.4, 0.5) is 18.0 Å². The molecule has 0 aromatic heterocycles. The molecule has 2 rings (SSSR count). The van der Waals surface area contributed by atoms with Crippen LogP contribution >= 0.6 is 0 Å². The lowest BCUT2D eigenvalue weighted by Crippen LogP contribution is -2.47. The van der Waals surface area contributed by atoms with Crippen LogP contribution in [0.3, 0.4) is 0 Å². The van der Waals surface area contributed by atoms with Gasteiger partial charge in [-0.2, -0.15) is 13.2 Å². The van der Waals surface area contributed by atoms with Crippen LogP contribution in [0.2, 0.25) is 0 Å². The highest BCUT2D eigenvalue weighted by Crippen LogP contribution is 2.33. The summed E-state index contributed by atoms with van der Waals surface area (Å²) in [4.78, 5) is 24.3. The molecule has 0 saturated carbocycles. The molecule has 4 nitrogen and oxygen atoms in total. The SMILES string of the molecule is CC1(C)OC(=O)N(C(=O)CC(F)(F)F)[C@H]1Cc1ccccc1. The number of amides is 2. The number of alkyl halides is 3. The molecule has 22 heavy (non-hydrogen) atoms. The normalized spacial score (nSPS) is 20.9. The number of rotatable bonds is 3. The fourth-order valence-corrected chi connectivity index (χ4v) is 2.49. The minimum absolute atomic E-state index is 0.239. The zero-order valence-electron chi connectivity index (χ0n) is 12.2. The highest BCUT2D eigenvalue weighted by atomic mass is 19.4. The molecular weight excluding hydrogens is 299 g/mol. The van der Waals surface area contributed by atoms with Gasteiger partial charge in [-0.05, 0) is 25.8 Å². The molecule has 2 amide bonds. The number of benzene rings is 1. The van der Waals surface area contributed by atoms with E-state index in [-0.39, 0.29) is 6.42 Å². The summed E-state index contributed by atoms with van der Waals surface area (Å²) in [5.74, 6) is -1.29. The molecule has 1 heterocycles. The van der Waals surface area contributed by atoms with Crippen LogP contribution in [0.25, 0.3) is 0 Å². The molecule has 1 aromatic carbocycles. The van der Waals surface area contributed by atoms with E-state index in [1.54, 1.807) is 44.2 Å². The number of ether oxygens (including phenoxy) is 1. The topological polar surface area (TPSA) is 46.6 Å². The average molecular weight is 315 g/mol. The number of nitrogens with zero attached hydrogens (tertiary/aromatic N) is 1. The highest BCUT2D eigenvalue weighted by Gasteiger charge is 2.51. The number of imide groups is 1. The molecular formula is C15H16F3NO3. The summed E-state index contributed by atoms with van der Waals surface area (Å²) in [5.41, 5.74) is -0.238. The fraction of sp³-hybridized carbons (Fsp3) is 0.467. The van der Waals surface area contributed by atoms with Crippen molar-refractivity contribution in [2.45, 2.75) is 44.5 Å². The molecule has 0 radical (unpaired) electrons. The van der Waals surface area contributed by atoms with Gasteiger partial charge in [0, 0.05) is 0 Å². The summed E-state index contributed by atoms with van der Waals surface area (Å²) >= 11 is 0. The number of carbonyl (C=O) groups excluding carboxylic acids is 2. The lowest BCUT2D eigenvalue weighted by atomic mass is 9.92. The van der Waals surface area contributed by atoms with Crippen LogP contribution in [0.1, 0.15) is 25.8 Å². The third-order valence-corrected chi connectivity index (χ3v) is 3.55. The van der Waals surface area contributed by atoms with Crippen molar-refractivity contribution < 1.29 is 27.5 Å². The average Bonchev–Trinajstić information content (AvgIpc) is 2.58. The van der Waals surface area contributed by atoms with Gasteiger partial charge in [0.2, 0.25) is 5.91 Å². The second-order valence-electron chi connectivity index (χ2n) is 5.73. The van der Waals surface area contributed by atoms with Gasteiger partial charge in [-0.1, -0.05) is 30.3 Å². The molecule has 0 spiro atoms. The van der Waals surface area contributed by atoms with Gasteiger partial charge in [0.25, 0.3) is 0 Å². The van der Waals surface area contributed by atoms with Gasteiger partial charge in [0.15, 0.2) is 0 Å². The molecule has 1 aromatic rings. The van der Waals surface area contributed by atoms with Gasteiger partial charge in [-0.25, -0.2) is 9.69 Å². The Bertz CT molecular complexity index is 569. The largest absolute Gasteiger partial charge is 0.441 e. The lowest BCUT2D eigenvalue weighted by Gasteiger charge is -2.28. The van der Waals surface area contributed by atoms with E-state index in [9.17, 15) is 22.8 Å². The first kappa shape index (κ1) is 16.3. The Kier molecular flexibility index (Phi) is 4.17. The van der Waals surface area contributed by atoms with Crippen LogP contribution in [-0.4, -0.2) is 34.7 Å². The first-order valence-electron chi connectivity index (χ1n) is 6.76. The summed E-state index contributed by atoms with van der Waals surface area (Å²) in [5, 5.41) is 0. The molecule has 7 heteroatoms. The Morgan fingerprint density at radius 3 is 2.41 bits per heavy atom. The Labute approximate surface area is 125 Å². The smallest absolute Gasteiger partial charge is 0.417 e. The summed E-state index contributed by atoms with van der Waals surface area (Å²) < 4.78 is 42.4. The Hall–Kier alpha value is -2.05. The van der Waals surface area contributed by atoms with Crippen molar-refractivity contribution in [2.75, 3.05) is 0 Å². The monoisotopic (exact) mass is 315 g/mol. The summed E-state index contributed by atoms with van der Waals surface area (Å²) in [7, 11) is 0. The predicted octanol–water partition coefficient (Wildman–Crippen LogP) is 3.31. The minimum atomic E-state index is -4.67. The van der Waals surface area contributed by atoms with Gasteiger partial charge >= 0.3 is 12.3 Å². The number of hydrogen-bond acceptors (Lipinski definition) is 3. The van der Waals surface area contributed by atoms with E-state index >= 15 is 0 Å². The second-order valence-corrected chi connectivity index (χ2v) is 5.73. The van der Waals surface area contributed by atoms with Crippen molar-refractivity contribution in [1.82, 2.24) is 4.90 Å². The van der Waals surface area contributed by atoms with E-state index in [0.29, 0.717) is 4.90 Å². The van der Waals surface area contributed by atoms with Gasteiger partial charge in [0.05, 0.1) is 6.04 Å². The van der Waals surface area contributed by atoms with Crippen molar-refractivity contribution in [3.05, 3.63) is 35.9 Å². The first-order valence-corrected chi connectivity index (χ1v) is 6.76. The maximum atomic E-state index is 12.4. The molecule has 0 N–H and O–H groups in total. The lowest BCUT2D eigenvalue weighted by molar-refractivity contribution is -0.160. The maximum absolute atomic E-state index is 12.4. The van der Waals surface area contributed by atoms with E-state index in [1.807, 2.05) is 0 Å². The molecule has 1 aliphatic rings. The van der Waals surface area contributed by atoms with Crippen LogP contribution in [0.5, 0.6) is 0 Å². The number of cyclic esters (lactones) is 1. The predicted molar refractivity (Wildman–Crippen MR) is 72.0 cm³/mol. The van der Waals surface area contributed by atoms with Crippen molar-refractivity contribution in [1.29, 1.82) is 0 Å². The van der Waals surface area contributed by atoms with Crippen LogP contribution in [-0.2, 0) is 16.0 Å². The summed E-state index contributed by atoms with van der Waals surface area (Å²) in [6.07, 6.45) is -7.13. The van der Waals surface area contributed by atoms with E-state index in [4.69, 9.17) is 4.74 Å². The third kappa shape index (κ3) is 3.58. The molecule has 0 aliphatic carbocycles. The molecule has 1 atom stereocenters. The molecule has 0 unspecified atom stereocenters. The first-order chi connectivity index (χ1) is 10.1. The van der Waals surface area contributed by atoms with Gasteiger partial charge in [0.1, 0.15) is 12.0 Å². The van der Waals surface area contributed by atoms with E-state index < -0.39 is 36.2 Å². The maximum Gasteiger partial charge on any atom is 0.417 e. The number of halogens is 3. The molecule has 1 fully saturated rings. The molecule has 0 bridgehead atoms. The summed E-state index contributed by atoms with van der Waals surface area (Å²) in [6.45, 7) is 3.17. The Morgan fingerprint density at radius 1 is 1.27 bits per heavy atom. The number of carbonyl (C=O) groups is 2.